The molecule has 3 N–H and O–H groups in total. The average molecular weight is 1370 g/mol. The first-order valence-corrected chi connectivity index (χ1v) is 34.4. The molecular weight excluding hydrogens is 1280 g/mol. The molecule has 3 saturated heterocycles. The summed E-state index contributed by atoms with van der Waals surface area (Å²) in [6.45, 7) is 28.2. The van der Waals surface area contributed by atoms with E-state index in [1.54, 1.807) is 9.80 Å². The minimum Gasteiger partial charge on any atom is -0.493 e. The lowest BCUT2D eigenvalue weighted by Crippen LogP contribution is -2.64. The Kier molecular flexibility index (Phi) is 27.9. The maximum atomic E-state index is 15.0. The minimum atomic E-state index is -2.28. The van der Waals surface area contributed by atoms with E-state index in [0.29, 0.717) is 38.6 Å². The van der Waals surface area contributed by atoms with Gasteiger partial charge in [0.25, 0.3) is 17.7 Å². The standard InChI is InChI=1S/C68H91N5O23Si/c1-17-24-89-66(81)70-50-33-55(53(84-12)31-47(50)62(78)72-35-39(2)28-41(72)4)87-25-19-18-20-26-88-56-34-51(48(32-54(56)85-13)63(79)73-36-40(3)29-46(73)38-91-97(15,16)68(8,9)10)71-67(82)90-37-45-21-22-52(49(30-45)61(77)69-23-27-83-11)95-65-60(94-44(7)76)58(93-43(6)75)57(92-42(5)74)59(96-65)64(80)86-14/h17,21-22,30-34,41,46,57-60,65H,1-3,18-20,23-29,35-38H2,4-16H3,(H,69,77)(H,70,81)(H,71,82)/t41-,46+,57+,58+,59+,60-,65-/m1/s1. The fourth-order valence-corrected chi connectivity index (χ4v) is 11.6. The maximum Gasteiger partial charge on any atom is 0.411 e. The van der Waals surface area contributed by atoms with Crippen molar-refractivity contribution in [3.05, 3.63) is 102 Å². The zero-order chi connectivity index (χ0) is 71.5. The summed E-state index contributed by atoms with van der Waals surface area (Å²) in [7, 11) is 3.03. The summed E-state index contributed by atoms with van der Waals surface area (Å²) in [6, 6.07) is 9.52. The summed E-state index contributed by atoms with van der Waals surface area (Å²) in [5.41, 5.74) is 2.11. The van der Waals surface area contributed by atoms with Crippen molar-refractivity contribution in [2.24, 2.45) is 0 Å². The van der Waals surface area contributed by atoms with Crippen molar-refractivity contribution in [2.45, 2.75) is 148 Å². The Balaban J connectivity index is 1.24. The molecule has 3 aromatic rings. The second-order valence-electron chi connectivity index (χ2n) is 24.8. The summed E-state index contributed by atoms with van der Waals surface area (Å²) < 4.78 is 80.1. The van der Waals surface area contributed by atoms with Gasteiger partial charge >= 0.3 is 36.1 Å². The van der Waals surface area contributed by atoms with Gasteiger partial charge in [-0.1, -0.05) is 63.8 Å². The van der Waals surface area contributed by atoms with Gasteiger partial charge in [-0.2, -0.15) is 0 Å². The predicted molar refractivity (Wildman–Crippen MR) is 354 cm³/mol. The van der Waals surface area contributed by atoms with Crippen LogP contribution in [0.5, 0.6) is 28.7 Å². The summed E-state index contributed by atoms with van der Waals surface area (Å²) in [5.74, 6) is -4.73. The molecule has 0 aliphatic carbocycles. The third kappa shape index (κ3) is 20.9. The Morgan fingerprint density at radius 2 is 1.21 bits per heavy atom. The molecule has 6 rings (SSSR count). The second kappa shape index (κ2) is 35.2. The molecule has 0 saturated carbocycles. The molecule has 0 bridgehead atoms. The highest BCUT2D eigenvalue weighted by molar-refractivity contribution is 6.74. The van der Waals surface area contributed by atoms with Crippen molar-refractivity contribution in [2.75, 3.05) is 91.7 Å². The second-order valence-corrected chi connectivity index (χ2v) is 29.6. The minimum absolute atomic E-state index is 0.00398. The highest BCUT2D eigenvalue weighted by atomic mass is 28.4. The van der Waals surface area contributed by atoms with Gasteiger partial charge in [0.05, 0.1) is 81.9 Å². The maximum absolute atomic E-state index is 15.0. The van der Waals surface area contributed by atoms with E-state index in [4.69, 9.17) is 66.0 Å². The number of hydrogen-bond donors (Lipinski definition) is 3. The van der Waals surface area contributed by atoms with Gasteiger partial charge in [-0.15, -0.1) is 0 Å². The first-order valence-electron chi connectivity index (χ1n) is 31.5. The smallest absolute Gasteiger partial charge is 0.411 e. The molecule has 3 aromatic carbocycles. The van der Waals surface area contributed by atoms with Gasteiger partial charge in [-0.25, -0.2) is 14.4 Å². The van der Waals surface area contributed by atoms with Crippen LogP contribution < -0.4 is 39.6 Å². The van der Waals surface area contributed by atoms with E-state index in [2.05, 4.69) is 69.6 Å². The number of rotatable bonds is 31. The first-order chi connectivity index (χ1) is 45.9. The molecular formula is C68H91N5O23Si. The molecule has 0 unspecified atom stereocenters. The van der Waals surface area contributed by atoms with Gasteiger partial charge in [0.15, 0.2) is 49.6 Å². The molecule has 0 radical (unpaired) electrons. The largest absolute Gasteiger partial charge is 0.493 e. The van der Waals surface area contributed by atoms with Crippen LogP contribution in [0, 0.1) is 0 Å². The number of carbonyl (C=O) groups is 9. The number of methoxy groups -OCH3 is 4. The Morgan fingerprint density at radius 1 is 0.660 bits per heavy atom. The SMILES string of the molecule is C=CCOC(=O)Nc1cc(OCCCCCOc2cc(NC(=O)OCc3ccc(O[C@@H]4O[C@H](C(=O)OC)[C@@H](OC(C)=O)[C@H](OC(C)=O)[C@H]4OC(C)=O)c(C(=O)NCCOC)c3)c(C(=O)N3CC(=C)C[C@H]3CO[Si](C)(C)C(C)(C)C)cc2OC)c(OC)cc1C(=O)N1CC(=C)C[C@H]1C. The Bertz CT molecular complexity index is 3400. The van der Waals surface area contributed by atoms with Crippen LogP contribution in [0.25, 0.3) is 0 Å². The van der Waals surface area contributed by atoms with Crippen molar-refractivity contribution in [3.63, 3.8) is 0 Å². The van der Waals surface area contributed by atoms with E-state index >= 15 is 0 Å². The lowest BCUT2D eigenvalue weighted by Gasteiger charge is -2.43. The molecule has 0 spiro atoms. The monoisotopic (exact) mass is 1370 g/mol. The van der Waals surface area contributed by atoms with Gasteiger partial charge in [0.2, 0.25) is 12.4 Å². The third-order valence-electron chi connectivity index (χ3n) is 16.3. The molecule has 5 amide bonds. The van der Waals surface area contributed by atoms with Gasteiger partial charge in [-0.05, 0) is 87.0 Å². The van der Waals surface area contributed by atoms with E-state index in [1.807, 2.05) is 6.92 Å². The summed E-state index contributed by atoms with van der Waals surface area (Å²) in [4.78, 5) is 124. The van der Waals surface area contributed by atoms with E-state index < -0.39 is 99.6 Å². The number of carbonyl (C=O) groups excluding carboxylic acids is 9. The molecule has 3 aliphatic rings. The Morgan fingerprint density at radius 3 is 1.73 bits per heavy atom. The van der Waals surface area contributed by atoms with Crippen LogP contribution in [0.3, 0.4) is 0 Å². The van der Waals surface area contributed by atoms with Crippen LogP contribution in [0.15, 0.2) is 79.4 Å². The fraction of sp³-hybridized carbons (Fsp3) is 0.515. The topological polar surface area (TPSA) is 325 Å². The van der Waals surface area contributed by atoms with E-state index in [1.165, 1.54) is 69.9 Å². The van der Waals surface area contributed by atoms with Crippen molar-refractivity contribution < 1.29 is 109 Å². The number of unbranched alkanes of at least 4 members (excludes halogenated alkanes) is 2. The third-order valence-corrected chi connectivity index (χ3v) is 20.8. The van der Waals surface area contributed by atoms with Crippen molar-refractivity contribution in [3.8, 4) is 28.7 Å². The number of nitrogens with zero attached hydrogens (tertiary/aromatic N) is 2. The molecule has 97 heavy (non-hydrogen) atoms. The highest BCUT2D eigenvalue weighted by Crippen LogP contribution is 2.41. The van der Waals surface area contributed by atoms with Crippen molar-refractivity contribution in [1.29, 1.82) is 0 Å². The lowest BCUT2D eigenvalue weighted by molar-refractivity contribution is -0.282. The Hall–Kier alpha value is -9.19. The molecule has 0 aromatic heterocycles. The van der Waals surface area contributed by atoms with E-state index in [-0.39, 0.29) is 125 Å². The Labute approximate surface area is 565 Å². The molecule has 3 aliphatic heterocycles. The molecule has 7 atom stereocenters. The van der Waals surface area contributed by atoms with Gasteiger partial charge in [0.1, 0.15) is 19.0 Å². The zero-order valence-electron chi connectivity index (χ0n) is 57.5. The molecule has 28 nitrogen and oxygen atoms in total. The van der Waals surface area contributed by atoms with Crippen LogP contribution in [0.1, 0.15) is 117 Å². The van der Waals surface area contributed by atoms with E-state index in [0.717, 1.165) is 39.0 Å². The zero-order valence-corrected chi connectivity index (χ0v) is 58.5. The number of esters is 4. The van der Waals surface area contributed by atoms with E-state index in [9.17, 15) is 43.2 Å². The number of amides is 5. The highest BCUT2D eigenvalue weighted by Gasteiger charge is 2.56. The van der Waals surface area contributed by atoms with Crippen LogP contribution in [0.2, 0.25) is 18.1 Å². The predicted octanol–water partition coefficient (Wildman–Crippen LogP) is 8.85. The number of hydrogen-bond acceptors (Lipinski definition) is 23. The van der Waals surface area contributed by atoms with Crippen LogP contribution in [-0.2, 0) is 68.1 Å². The first kappa shape index (κ1) is 76.8. The van der Waals surface area contributed by atoms with Gasteiger partial charge < -0.3 is 81.1 Å². The number of benzene rings is 3. The van der Waals surface area contributed by atoms with Crippen LogP contribution >= 0.6 is 0 Å². The fourth-order valence-electron chi connectivity index (χ4n) is 10.5. The lowest BCUT2D eigenvalue weighted by atomic mass is 9.97. The number of likely N-dealkylation sites (tertiary alicyclic amines) is 2. The number of nitrogens with one attached hydrogen (secondary N) is 3. The summed E-state index contributed by atoms with van der Waals surface area (Å²) in [5, 5.41) is 7.96. The number of anilines is 2. The normalized spacial score (nSPS) is 19.2. The van der Waals surface area contributed by atoms with Crippen molar-refractivity contribution in [1.82, 2.24) is 15.1 Å². The summed E-state index contributed by atoms with van der Waals surface area (Å²) in [6.07, 6.45) is -6.45. The van der Waals surface area contributed by atoms with Gasteiger partial charge in [-0.3, -0.25) is 39.4 Å². The molecule has 3 heterocycles. The van der Waals surface area contributed by atoms with Crippen LogP contribution in [-0.4, -0.2) is 196 Å². The van der Waals surface area contributed by atoms with Crippen molar-refractivity contribution >= 4 is 73.5 Å². The van der Waals surface area contributed by atoms with Crippen LogP contribution in [0.4, 0.5) is 21.0 Å². The average Bonchev–Trinajstić information content (AvgIpc) is 0.976. The molecule has 530 valence electrons. The molecule has 3 fully saturated rings. The van der Waals surface area contributed by atoms with Gasteiger partial charge in [0, 0.05) is 65.7 Å². The quantitative estimate of drug-likeness (QED) is 0.0178. The molecule has 29 heteroatoms. The summed E-state index contributed by atoms with van der Waals surface area (Å²) >= 11 is 0. The number of ether oxygens (including phenoxy) is 13.